The van der Waals surface area contributed by atoms with Crippen molar-refractivity contribution in [2.45, 2.75) is 26.8 Å². The molecule has 0 bridgehead atoms. The normalized spacial score (nSPS) is 19.5. The summed E-state index contributed by atoms with van der Waals surface area (Å²) in [4.78, 5) is 26.2. The fourth-order valence-corrected chi connectivity index (χ4v) is 2.66. The minimum atomic E-state index is -0.553. The van der Waals surface area contributed by atoms with Gasteiger partial charge in [0.2, 0.25) is 5.91 Å². The number of methoxy groups -OCH3 is 1. The van der Waals surface area contributed by atoms with Crippen LogP contribution in [0.2, 0.25) is 0 Å². The number of ether oxygens (including phenoxy) is 1. The third kappa shape index (κ3) is 3.20. The molecule has 1 aromatic carbocycles. The van der Waals surface area contributed by atoms with E-state index in [0.29, 0.717) is 11.4 Å². The third-order valence-electron chi connectivity index (χ3n) is 3.42. The van der Waals surface area contributed by atoms with Crippen molar-refractivity contribution in [3.8, 4) is 5.75 Å². The number of anilines is 1. The van der Waals surface area contributed by atoms with E-state index in [2.05, 4.69) is 21.2 Å². The summed E-state index contributed by atoms with van der Waals surface area (Å²) in [6, 6.07) is 4.83. The van der Waals surface area contributed by atoms with Crippen molar-refractivity contribution >= 4 is 33.4 Å². The van der Waals surface area contributed by atoms with Crippen molar-refractivity contribution in [2.24, 2.45) is 5.41 Å². The zero-order valence-electron chi connectivity index (χ0n) is 12.6. The van der Waals surface area contributed by atoms with E-state index in [1.54, 1.807) is 19.2 Å². The molecule has 1 unspecified atom stereocenters. The van der Waals surface area contributed by atoms with Crippen LogP contribution in [0, 0.1) is 5.41 Å². The van der Waals surface area contributed by atoms with Crippen LogP contribution in [0.15, 0.2) is 22.7 Å². The molecule has 0 spiro atoms. The Bertz CT molecular complexity index is 581. The molecule has 1 fully saturated rings. The smallest absolute Gasteiger partial charge is 0.250 e. The molecule has 2 amide bonds. The summed E-state index contributed by atoms with van der Waals surface area (Å²) in [6.07, 6.45) is 0. The van der Waals surface area contributed by atoms with E-state index in [4.69, 9.17) is 4.74 Å². The van der Waals surface area contributed by atoms with E-state index in [-0.39, 0.29) is 23.8 Å². The Balaban J connectivity index is 2.45. The summed E-state index contributed by atoms with van der Waals surface area (Å²) in [5.41, 5.74) is 0.242. The fraction of sp³-hybridized carbons (Fsp3) is 0.467. The Hall–Kier alpha value is -1.56. The average Bonchev–Trinajstić information content (AvgIpc) is 2.39. The van der Waals surface area contributed by atoms with Crippen LogP contribution in [-0.4, -0.2) is 31.5 Å². The van der Waals surface area contributed by atoms with Crippen LogP contribution >= 0.6 is 15.9 Å². The van der Waals surface area contributed by atoms with E-state index in [1.165, 1.54) is 4.90 Å². The lowest BCUT2D eigenvalue weighted by atomic mass is 9.84. The van der Waals surface area contributed by atoms with Gasteiger partial charge in [0.1, 0.15) is 18.3 Å². The topological polar surface area (TPSA) is 58.6 Å². The molecule has 1 aromatic rings. The predicted octanol–water partition coefficient (Wildman–Crippen LogP) is 2.34. The summed E-state index contributed by atoms with van der Waals surface area (Å²) in [7, 11) is 1.54. The second kappa shape index (κ2) is 5.67. The third-order valence-corrected chi connectivity index (χ3v) is 3.91. The molecule has 5 nitrogen and oxygen atoms in total. The Morgan fingerprint density at radius 1 is 1.33 bits per heavy atom. The van der Waals surface area contributed by atoms with E-state index >= 15 is 0 Å². The Labute approximate surface area is 132 Å². The van der Waals surface area contributed by atoms with E-state index < -0.39 is 6.04 Å². The molecule has 1 saturated heterocycles. The summed E-state index contributed by atoms with van der Waals surface area (Å²) in [5, 5.41) is 2.78. The summed E-state index contributed by atoms with van der Waals surface area (Å²) >= 11 is 3.39. The van der Waals surface area contributed by atoms with Crippen LogP contribution in [0.4, 0.5) is 5.69 Å². The van der Waals surface area contributed by atoms with Gasteiger partial charge in [-0.25, -0.2) is 0 Å². The number of hydrogen-bond acceptors (Lipinski definition) is 3. The van der Waals surface area contributed by atoms with Crippen LogP contribution in [0.5, 0.6) is 5.75 Å². The maximum Gasteiger partial charge on any atom is 0.250 e. The highest BCUT2D eigenvalue weighted by Gasteiger charge is 2.41. The number of hydrogen-bond donors (Lipinski definition) is 1. The molecule has 21 heavy (non-hydrogen) atoms. The van der Waals surface area contributed by atoms with Crippen LogP contribution in [0.1, 0.15) is 20.8 Å². The monoisotopic (exact) mass is 354 g/mol. The maximum atomic E-state index is 12.7. The van der Waals surface area contributed by atoms with Crippen LogP contribution in [0.3, 0.4) is 0 Å². The molecule has 2 rings (SSSR count). The molecule has 1 atom stereocenters. The van der Waals surface area contributed by atoms with Crippen molar-refractivity contribution in [3.05, 3.63) is 22.7 Å². The predicted molar refractivity (Wildman–Crippen MR) is 84.4 cm³/mol. The van der Waals surface area contributed by atoms with Crippen molar-refractivity contribution in [1.82, 2.24) is 5.32 Å². The average molecular weight is 355 g/mol. The summed E-state index contributed by atoms with van der Waals surface area (Å²) in [6.45, 7) is 5.78. The number of halogens is 1. The maximum absolute atomic E-state index is 12.7. The molecule has 6 heteroatoms. The van der Waals surface area contributed by atoms with Gasteiger partial charge in [0.25, 0.3) is 5.91 Å². The molecule has 1 N–H and O–H groups in total. The standard InChI is InChI=1S/C15H19BrN2O3/c1-15(2,3)13-14(20)18(8-12(19)17-13)10-7-9(16)5-6-11(10)21-4/h5-7,13H,8H2,1-4H3,(H,17,19). The van der Waals surface area contributed by atoms with Crippen molar-refractivity contribution in [1.29, 1.82) is 0 Å². The van der Waals surface area contributed by atoms with E-state index in [1.807, 2.05) is 26.8 Å². The van der Waals surface area contributed by atoms with Gasteiger partial charge in [0.15, 0.2) is 0 Å². The largest absolute Gasteiger partial charge is 0.495 e. The van der Waals surface area contributed by atoms with Gasteiger partial charge in [-0.05, 0) is 23.6 Å². The second-order valence-electron chi connectivity index (χ2n) is 6.11. The SMILES string of the molecule is COc1ccc(Br)cc1N1CC(=O)NC(C(C)(C)C)C1=O. The number of amides is 2. The van der Waals surface area contributed by atoms with Crippen LogP contribution in [0.25, 0.3) is 0 Å². The fourth-order valence-electron chi connectivity index (χ4n) is 2.31. The van der Waals surface area contributed by atoms with E-state index in [9.17, 15) is 9.59 Å². The first kappa shape index (κ1) is 15.8. The quantitative estimate of drug-likeness (QED) is 0.886. The molecular formula is C15H19BrN2O3. The highest BCUT2D eigenvalue weighted by atomic mass is 79.9. The number of rotatable bonds is 2. The van der Waals surface area contributed by atoms with Gasteiger partial charge in [-0.1, -0.05) is 36.7 Å². The van der Waals surface area contributed by atoms with Crippen molar-refractivity contribution < 1.29 is 14.3 Å². The van der Waals surface area contributed by atoms with Crippen LogP contribution < -0.4 is 15.0 Å². The molecule has 1 aliphatic heterocycles. The van der Waals surface area contributed by atoms with Gasteiger partial charge < -0.3 is 10.1 Å². The van der Waals surface area contributed by atoms with Crippen molar-refractivity contribution in [2.75, 3.05) is 18.6 Å². The van der Waals surface area contributed by atoms with Gasteiger partial charge in [0, 0.05) is 4.47 Å². The number of benzene rings is 1. The first-order valence-electron chi connectivity index (χ1n) is 6.68. The summed E-state index contributed by atoms with van der Waals surface area (Å²) in [5.74, 6) is 0.268. The van der Waals surface area contributed by atoms with E-state index in [0.717, 1.165) is 4.47 Å². The first-order valence-corrected chi connectivity index (χ1v) is 7.47. The first-order chi connectivity index (χ1) is 9.74. The van der Waals surface area contributed by atoms with Gasteiger partial charge in [0.05, 0.1) is 12.8 Å². The second-order valence-corrected chi connectivity index (χ2v) is 7.02. The molecule has 114 valence electrons. The molecule has 0 aliphatic carbocycles. The zero-order valence-corrected chi connectivity index (χ0v) is 14.2. The van der Waals surface area contributed by atoms with Gasteiger partial charge in [-0.3, -0.25) is 14.5 Å². The number of piperazine rings is 1. The van der Waals surface area contributed by atoms with Gasteiger partial charge >= 0.3 is 0 Å². The molecule has 1 heterocycles. The minimum Gasteiger partial charge on any atom is -0.495 e. The Morgan fingerprint density at radius 3 is 2.57 bits per heavy atom. The Morgan fingerprint density at radius 2 is 2.00 bits per heavy atom. The lowest BCUT2D eigenvalue weighted by Gasteiger charge is -2.39. The minimum absolute atomic E-state index is 0.00176. The lowest BCUT2D eigenvalue weighted by molar-refractivity contribution is -0.133. The molecule has 0 aromatic heterocycles. The number of nitrogens with zero attached hydrogens (tertiary/aromatic N) is 1. The van der Waals surface area contributed by atoms with Crippen LogP contribution in [-0.2, 0) is 9.59 Å². The van der Waals surface area contributed by atoms with Gasteiger partial charge in [-0.2, -0.15) is 0 Å². The summed E-state index contributed by atoms with van der Waals surface area (Å²) < 4.78 is 6.14. The molecule has 0 radical (unpaired) electrons. The molecule has 1 aliphatic rings. The molecular weight excluding hydrogens is 336 g/mol. The molecule has 0 saturated carbocycles. The number of carbonyl (C=O) groups excluding carboxylic acids is 2. The van der Waals surface area contributed by atoms with Gasteiger partial charge in [-0.15, -0.1) is 0 Å². The van der Waals surface area contributed by atoms with Crippen molar-refractivity contribution in [3.63, 3.8) is 0 Å². The highest BCUT2D eigenvalue weighted by molar-refractivity contribution is 9.10. The zero-order chi connectivity index (χ0) is 15.8. The lowest BCUT2D eigenvalue weighted by Crippen LogP contribution is -2.62. The Kier molecular flexibility index (Phi) is 4.27. The number of nitrogens with one attached hydrogen (secondary N) is 1. The highest BCUT2D eigenvalue weighted by Crippen LogP contribution is 2.34. The number of carbonyl (C=O) groups is 2.